The van der Waals surface area contributed by atoms with E-state index in [1.165, 1.54) is 33.4 Å². The molecule has 0 bridgehead atoms. The summed E-state index contributed by atoms with van der Waals surface area (Å²) < 4.78 is 0. The van der Waals surface area contributed by atoms with Crippen LogP contribution in [-0.2, 0) is 6.42 Å². The molecule has 0 amide bonds. The van der Waals surface area contributed by atoms with Gasteiger partial charge in [0.05, 0.1) is 11.0 Å². The Bertz CT molecular complexity index is 994. The summed E-state index contributed by atoms with van der Waals surface area (Å²) in [7, 11) is 0. The lowest BCUT2D eigenvalue weighted by Crippen LogP contribution is -1.98. The number of nitrogens with one attached hydrogen (secondary N) is 1. The highest BCUT2D eigenvalue weighted by Gasteiger charge is 2.17. The molecule has 0 saturated carbocycles. The van der Waals surface area contributed by atoms with Crippen molar-refractivity contribution in [3.63, 3.8) is 0 Å². The second-order valence-electron chi connectivity index (χ2n) is 7.16. The summed E-state index contributed by atoms with van der Waals surface area (Å²) in [5.41, 5.74) is 10.0. The molecular weight excluding hydrogens is 316 g/mol. The van der Waals surface area contributed by atoms with E-state index < -0.39 is 0 Å². The monoisotopic (exact) mass is 340 g/mol. The molecule has 1 N–H and O–H groups in total. The third kappa shape index (κ3) is 3.15. The number of imidazole rings is 1. The Labute approximate surface area is 155 Å². The van der Waals surface area contributed by atoms with Gasteiger partial charge in [-0.15, -0.1) is 0 Å². The molecule has 0 radical (unpaired) electrons. The third-order valence-electron chi connectivity index (χ3n) is 5.19. The lowest BCUT2D eigenvalue weighted by Gasteiger charge is -2.13. The van der Waals surface area contributed by atoms with Gasteiger partial charge in [0.2, 0.25) is 0 Å². The standard InChI is InChI=1S/C24H24N2/c1-16(15-21-17(2)8-6-9-18(21)3)14-19-10-7-11-20(19)24-25-22-12-4-5-13-23(22)26-24/h4-6,8-13H,1,7,14-15H2,2-3H3,(H,25,26). The van der Waals surface area contributed by atoms with E-state index in [1.807, 2.05) is 18.2 Å². The first-order valence-electron chi connectivity index (χ1n) is 9.18. The number of nitrogens with zero attached hydrogens (tertiary/aromatic N) is 1. The smallest absolute Gasteiger partial charge is 0.138 e. The van der Waals surface area contributed by atoms with Crippen molar-refractivity contribution in [2.24, 2.45) is 0 Å². The molecule has 4 rings (SSSR count). The fourth-order valence-electron chi connectivity index (χ4n) is 3.77. The van der Waals surface area contributed by atoms with Crippen LogP contribution in [0.1, 0.15) is 35.4 Å². The minimum absolute atomic E-state index is 0.899. The van der Waals surface area contributed by atoms with E-state index >= 15 is 0 Å². The fourth-order valence-corrected chi connectivity index (χ4v) is 3.77. The minimum Gasteiger partial charge on any atom is -0.338 e. The molecule has 0 aliphatic heterocycles. The number of rotatable bonds is 5. The zero-order valence-electron chi connectivity index (χ0n) is 15.5. The normalized spacial score (nSPS) is 13.8. The van der Waals surface area contributed by atoms with Crippen LogP contribution in [0.2, 0.25) is 0 Å². The Balaban J connectivity index is 1.53. The Morgan fingerprint density at radius 2 is 1.77 bits per heavy atom. The predicted molar refractivity (Wildman–Crippen MR) is 110 cm³/mol. The molecule has 0 unspecified atom stereocenters. The van der Waals surface area contributed by atoms with Gasteiger partial charge in [0.25, 0.3) is 0 Å². The number of hydrogen-bond donors (Lipinski definition) is 1. The average molecular weight is 340 g/mol. The number of hydrogen-bond acceptors (Lipinski definition) is 1. The summed E-state index contributed by atoms with van der Waals surface area (Å²) in [5.74, 6) is 0.967. The molecule has 2 heteroatoms. The van der Waals surface area contributed by atoms with E-state index in [-0.39, 0.29) is 0 Å². The maximum absolute atomic E-state index is 4.77. The molecule has 1 aromatic heterocycles. The number of para-hydroxylation sites is 2. The summed E-state index contributed by atoms with van der Waals surface area (Å²) >= 11 is 0. The highest BCUT2D eigenvalue weighted by Crippen LogP contribution is 2.33. The van der Waals surface area contributed by atoms with Crippen LogP contribution >= 0.6 is 0 Å². The number of H-pyrrole nitrogens is 1. The van der Waals surface area contributed by atoms with E-state index in [4.69, 9.17) is 4.98 Å². The zero-order chi connectivity index (χ0) is 18.1. The van der Waals surface area contributed by atoms with Gasteiger partial charge < -0.3 is 4.98 Å². The molecule has 26 heavy (non-hydrogen) atoms. The molecule has 2 nitrogen and oxygen atoms in total. The van der Waals surface area contributed by atoms with Crippen LogP contribution in [0.25, 0.3) is 16.6 Å². The first-order chi connectivity index (χ1) is 12.6. The minimum atomic E-state index is 0.899. The number of aryl methyl sites for hydroxylation is 2. The molecule has 0 spiro atoms. The van der Waals surface area contributed by atoms with Crippen LogP contribution in [0.15, 0.2) is 72.3 Å². The third-order valence-corrected chi connectivity index (χ3v) is 5.19. The van der Waals surface area contributed by atoms with Crippen LogP contribution in [-0.4, -0.2) is 9.97 Å². The summed E-state index contributed by atoms with van der Waals surface area (Å²) in [6, 6.07) is 14.7. The molecule has 130 valence electrons. The van der Waals surface area contributed by atoms with Crippen molar-refractivity contribution in [2.75, 3.05) is 0 Å². The number of allylic oxidation sites excluding steroid dienone is 5. The Morgan fingerprint density at radius 3 is 2.54 bits per heavy atom. The van der Waals surface area contributed by atoms with Gasteiger partial charge in [-0.1, -0.05) is 54.6 Å². The van der Waals surface area contributed by atoms with Crippen LogP contribution < -0.4 is 0 Å². The van der Waals surface area contributed by atoms with Crippen molar-refractivity contribution in [3.05, 3.63) is 94.9 Å². The number of benzene rings is 2. The molecular formula is C24H24N2. The zero-order valence-corrected chi connectivity index (χ0v) is 15.5. The van der Waals surface area contributed by atoms with Crippen LogP contribution in [0.5, 0.6) is 0 Å². The van der Waals surface area contributed by atoms with Crippen molar-refractivity contribution in [1.29, 1.82) is 0 Å². The van der Waals surface area contributed by atoms with E-state index in [1.54, 1.807) is 0 Å². The van der Waals surface area contributed by atoms with Gasteiger partial charge in [0, 0.05) is 5.57 Å². The Morgan fingerprint density at radius 1 is 1.00 bits per heavy atom. The largest absolute Gasteiger partial charge is 0.338 e. The fraction of sp³-hybridized carbons (Fsp3) is 0.208. The van der Waals surface area contributed by atoms with Gasteiger partial charge in [0.15, 0.2) is 0 Å². The number of aromatic nitrogens is 2. The van der Waals surface area contributed by atoms with Gasteiger partial charge >= 0.3 is 0 Å². The van der Waals surface area contributed by atoms with Gasteiger partial charge in [-0.25, -0.2) is 4.98 Å². The molecule has 1 aliphatic rings. The molecule has 0 atom stereocenters. The predicted octanol–water partition coefficient (Wildman–Crippen LogP) is 6.08. The average Bonchev–Trinajstić information content (AvgIpc) is 3.24. The van der Waals surface area contributed by atoms with Crippen molar-refractivity contribution >= 4 is 16.6 Å². The molecule has 2 aromatic carbocycles. The maximum Gasteiger partial charge on any atom is 0.138 e. The molecule has 1 aliphatic carbocycles. The van der Waals surface area contributed by atoms with Gasteiger partial charge in [0.1, 0.15) is 5.82 Å². The molecule has 0 saturated heterocycles. The highest BCUT2D eigenvalue weighted by atomic mass is 14.9. The van der Waals surface area contributed by atoms with Crippen LogP contribution in [0.3, 0.4) is 0 Å². The SMILES string of the molecule is C=C(CC1=CCC=C1c1nc2ccccc2[nH]1)Cc1c(C)cccc1C. The van der Waals surface area contributed by atoms with E-state index in [9.17, 15) is 0 Å². The highest BCUT2D eigenvalue weighted by molar-refractivity contribution is 5.84. The Hall–Kier alpha value is -2.87. The number of aromatic amines is 1. The quantitative estimate of drug-likeness (QED) is 0.560. The topological polar surface area (TPSA) is 28.7 Å². The van der Waals surface area contributed by atoms with Crippen LogP contribution in [0, 0.1) is 13.8 Å². The Kier molecular flexibility index (Phi) is 4.34. The van der Waals surface area contributed by atoms with E-state index in [0.717, 1.165) is 36.1 Å². The van der Waals surface area contributed by atoms with Crippen molar-refractivity contribution in [3.8, 4) is 0 Å². The second-order valence-corrected chi connectivity index (χ2v) is 7.16. The molecule has 3 aromatic rings. The number of fused-ring (bicyclic) bond motifs is 1. The first kappa shape index (κ1) is 16.6. The van der Waals surface area contributed by atoms with E-state index in [0.29, 0.717) is 0 Å². The summed E-state index contributed by atoms with van der Waals surface area (Å²) in [6.07, 6.45) is 7.37. The van der Waals surface area contributed by atoms with Crippen molar-refractivity contribution in [2.45, 2.75) is 33.1 Å². The first-order valence-corrected chi connectivity index (χ1v) is 9.18. The van der Waals surface area contributed by atoms with Gasteiger partial charge in [-0.05, 0) is 67.5 Å². The maximum atomic E-state index is 4.77. The van der Waals surface area contributed by atoms with Crippen molar-refractivity contribution in [1.82, 2.24) is 9.97 Å². The molecule has 0 fully saturated rings. The second kappa shape index (κ2) is 6.80. The summed E-state index contributed by atoms with van der Waals surface area (Å²) in [6.45, 7) is 8.74. The lowest BCUT2D eigenvalue weighted by atomic mass is 9.92. The van der Waals surface area contributed by atoms with Crippen molar-refractivity contribution < 1.29 is 0 Å². The van der Waals surface area contributed by atoms with Gasteiger partial charge in [-0.3, -0.25) is 0 Å². The molecule has 1 heterocycles. The van der Waals surface area contributed by atoms with Crippen LogP contribution in [0.4, 0.5) is 0 Å². The van der Waals surface area contributed by atoms with E-state index in [2.05, 4.69) is 61.8 Å². The summed E-state index contributed by atoms with van der Waals surface area (Å²) in [4.78, 5) is 8.23. The lowest BCUT2D eigenvalue weighted by molar-refractivity contribution is 1.02. The summed E-state index contributed by atoms with van der Waals surface area (Å²) in [5, 5.41) is 0. The van der Waals surface area contributed by atoms with Gasteiger partial charge in [-0.2, -0.15) is 0 Å².